The molecule has 2 saturated carbocycles. The molecule has 0 atom stereocenters. The topological polar surface area (TPSA) is 40.2 Å². The highest BCUT2D eigenvalue weighted by molar-refractivity contribution is 7.16. The SMILES string of the molecule is CCO[Si](OCC)(OCC)c1cc(OC)ccc1/C=C/c1ccc(-c2c3ccccc3c(N(c3ccc(C4CCCCC4)cc3)c3ccc(C4CCCCC4)cc3)c3ccccc23)s1. The number of rotatable bonds is 16. The molecule has 2 aliphatic rings. The van der Waals surface area contributed by atoms with E-state index in [9.17, 15) is 0 Å². The van der Waals surface area contributed by atoms with Crippen molar-refractivity contribution in [3.8, 4) is 16.2 Å². The van der Waals surface area contributed by atoms with Gasteiger partial charge in [-0.3, -0.25) is 0 Å². The monoisotopic (exact) mass is 885 g/mol. The van der Waals surface area contributed by atoms with E-state index in [0.29, 0.717) is 31.7 Å². The highest BCUT2D eigenvalue weighted by atomic mass is 32.1. The Kier molecular flexibility index (Phi) is 14.1. The Labute approximate surface area is 386 Å². The van der Waals surface area contributed by atoms with Gasteiger partial charge in [0.1, 0.15) is 5.75 Å². The molecule has 0 unspecified atom stereocenters. The first-order valence-corrected chi connectivity index (χ1v) is 26.4. The van der Waals surface area contributed by atoms with Crippen molar-refractivity contribution in [1.29, 1.82) is 0 Å². The first kappa shape index (κ1) is 44.2. The van der Waals surface area contributed by atoms with Crippen LogP contribution >= 0.6 is 11.3 Å². The fraction of sp³-hybridized carbons (Fsp3) is 0.333. The van der Waals surface area contributed by atoms with Crippen LogP contribution in [0.15, 0.2) is 127 Å². The molecule has 1 heterocycles. The molecular weight excluding hydrogens is 823 g/mol. The van der Waals surface area contributed by atoms with E-state index in [1.807, 2.05) is 44.2 Å². The van der Waals surface area contributed by atoms with Crippen LogP contribution in [-0.4, -0.2) is 35.7 Å². The summed E-state index contributed by atoms with van der Waals surface area (Å²) in [4.78, 5) is 4.92. The molecule has 330 valence electrons. The summed E-state index contributed by atoms with van der Waals surface area (Å²) in [6.45, 7) is 7.42. The summed E-state index contributed by atoms with van der Waals surface area (Å²) in [5.74, 6) is 2.06. The van der Waals surface area contributed by atoms with E-state index in [-0.39, 0.29) is 0 Å². The Bertz CT molecular complexity index is 2540. The van der Waals surface area contributed by atoms with Crippen molar-refractivity contribution in [1.82, 2.24) is 0 Å². The van der Waals surface area contributed by atoms with Gasteiger partial charge in [-0.1, -0.05) is 123 Å². The van der Waals surface area contributed by atoms with Crippen LogP contribution in [0, 0.1) is 0 Å². The van der Waals surface area contributed by atoms with Gasteiger partial charge in [0.15, 0.2) is 0 Å². The van der Waals surface area contributed by atoms with E-state index >= 15 is 0 Å². The number of fused-ring (bicyclic) bond motifs is 2. The Morgan fingerprint density at radius 1 is 0.562 bits per heavy atom. The Morgan fingerprint density at radius 2 is 1.06 bits per heavy atom. The molecule has 0 bridgehead atoms. The normalized spacial score (nSPS) is 15.4. The van der Waals surface area contributed by atoms with Gasteiger partial charge in [0.05, 0.1) is 12.8 Å². The third-order valence-electron chi connectivity index (χ3n) is 13.5. The summed E-state index contributed by atoms with van der Waals surface area (Å²) < 4.78 is 24.8. The number of hydrogen-bond acceptors (Lipinski definition) is 6. The number of anilines is 3. The second-order valence-corrected chi connectivity index (χ2v) is 21.0. The van der Waals surface area contributed by atoms with Crippen molar-refractivity contribution in [2.75, 3.05) is 31.8 Å². The Hall–Kier alpha value is -5.02. The third-order valence-corrected chi connectivity index (χ3v) is 17.6. The highest BCUT2D eigenvalue weighted by Gasteiger charge is 2.45. The minimum atomic E-state index is -3.23. The van der Waals surface area contributed by atoms with Gasteiger partial charge in [0, 0.05) is 62.5 Å². The second-order valence-electron chi connectivity index (χ2n) is 17.3. The highest BCUT2D eigenvalue weighted by Crippen LogP contribution is 2.50. The zero-order valence-electron chi connectivity index (χ0n) is 38.1. The molecule has 64 heavy (non-hydrogen) atoms. The van der Waals surface area contributed by atoms with E-state index in [1.165, 1.54) is 124 Å². The Morgan fingerprint density at radius 3 is 1.55 bits per heavy atom. The van der Waals surface area contributed by atoms with Crippen LogP contribution in [0.5, 0.6) is 5.75 Å². The van der Waals surface area contributed by atoms with Crippen molar-refractivity contribution in [2.45, 2.75) is 96.8 Å². The molecule has 7 aromatic rings. The average Bonchev–Trinajstić information content (AvgIpc) is 3.83. The van der Waals surface area contributed by atoms with Crippen molar-refractivity contribution >= 4 is 76.1 Å². The van der Waals surface area contributed by atoms with E-state index in [1.54, 1.807) is 7.11 Å². The summed E-state index contributed by atoms with van der Waals surface area (Å²) in [5, 5.41) is 5.88. The molecule has 0 aliphatic heterocycles. The minimum absolute atomic E-state index is 0.485. The molecule has 0 spiro atoms. The van der Waals surface area contributed by atoms with Crippen molar-refractivity contribution in [2.24, 2.45) is 0 Å². The molecule has 2 aliphatic carbocycles. The predicted octanol–water partition coefficient (Wildman–Crippen LogP) is 15.7. The maximum Gasteiger partial charge on any atom is 0.537 e. The van der Waals surface area contributed by atoms with Crippen LogP contribution in [0.2, 0.25) is 0 Å². The number of benzene rings is 6. The van der Waals surface area contributed by atoms with Crippen LogP contribution in [-0.2, 0) is 13.3 Å². The largest absolute Gasteiger partial charge is 0.537 e. The van der Waals surface area contributed by atoms with Gasteiger partial charge >= 0.3 is 8.80 Å². The van der Waals surface area contributed by atoms with Gasteiger partial charge in [0.25, 0.3) is 0 Å². The zero-order chi connectivity index (χ0) is 43.9. The molecule has 5 nitrogen and oxygen atoms in total. The molecule has 9 rings (SSSR count). The van der Waals surface area contributed by atoms with E-state index in [4.69, 9.17) is 18.0 Å². The molecule has 0 saturated heterocycles. The summed E-state index contributed by atoms with van der Waals surface area (Å²) in [6.07, 6.45) is 17.6. The summed E-state index contributed by atoms with van der Waals surface area (Å²) in [5.41, 5.74) is 8.83. The number of thiophene rings is 1. The van der Waals surface area contributed by atoms with Gasteiger partial charge in [-0.25, -0.2) is 0 Å². The Balaban J connectivity index is 1.15. The van der Waals surface area contributed by atoms with Crippen LogP contribution < -0.4 is 14.8 Å². The summed E-state index contributed by atoms with van der Waals surface area (Å²) in [6, 6.07) is 47.9. The van der Waals surface area contributed by atoms with E-state index < -0.39 is 8.80 Å². The number of methoxy groups -OCH3 is 1. The van der Waals surface area contributed by atoms with E-state index in [2.05, 4.69) is 132 Å². The maximum absolute atomic E-state index is 6.38. The molecule has 6 aromatic carbocycles. The fourth-order valence-corrected chi connectivity index (χ4v) is 14.1. The van der Waals surface area contributed by atoms with Gasteiger partial charge in [-0.05, 0) is 140 Å². The zero-order valence-corrected chi connectivity index (χ0v) is 39.9. The molecule has 0 amide bonds. The quantitative estimate of drug-likeness (QED) is 0.0714. The van der Waals surface area contributed by atoms with Gasteiger partial charge in [0.2, 0.25) is 0 Å². The standard InChI is InChI=1S/C57H63NO4SSi/c1-5-60-64(61-6-2,62-7-3)55-40-48(59-4)36-30-45(55)31-37-49-38-39-54(63-49)56-50-22-14-16-24-52(50)57(53-25-17-15-23-51(53)56)58(46-32-26-43(27-33-46)41-18-10-8-11-19-41)47-34-28-44(29-35-47)42-20-12-9-13-21-42/h14-17,22-42H,5-13,18-21H2,1-4H3/b37-31+. The van der Waals surface area contributed by atoms with Gasteiger partial charge < -0.3 is 22.9 Å². The first-order chi connectivity index (χ1) is 31.5. The van der Waals surface area contributed by atoms with E-state index in [0.717, 1.165) is 21.4 Å². The predicted molar refractivity (Wildman–Crippen MR) is 273 cm³/mol. The van der Waals surface area contributed by atoms with Gasteiger partial charge in [-0.15, -0.1) is 11.3 Å². The molecule has 1 aromatic heterocycles. The lowest BCUT2D eigenvalue weighted by atomic mass is 9.84. The van der Waals surface area contributed by atoms with Crippen LogP contribution in [0.3, 0.4) is 0 Å². The smallest absolute Gasteiger partial charge is 0.497 e. The second kappa shape index (κ2) is 20.4. The lowest BCUT2D eigenvalue weighted by Gasteiger charge is -2.30. The lowest BCUT2D eigenvalue weighted by Crippen LogP contribution is -2.57. The first-order valence-electron chi connectivity index (χ1n) is 23.9. The minimum Gasteiger partial charge on any atom is -0.497 e. The number of nitrogens with zero attached hydrogens (tertiary/aromatic N) is 1. The molecular formula is C57H63NO4SSi. The van der Waals surface area contributed by atoms with Gasteiger partial charge in [-0.2, -0.15) is 0 Å². The molecule has 2 fully saturated rings. The lowest BCUT2D eigenvalue weighted by molar-refractivity contribution is 0.0858. The number of ether oxygens (including phenoxy) is 1. The van der Waals surface area contributed by atoms with Crippen molar-refractivity contribution in [3.05, 3.63) is 149 Å². The summed E-state index contributed by atoms with van der Waals surface area (Å²) >= 11 is 1.82. The summed E-state index contributed by atoms with van der Waals surface area (Å²) in [7, 11) is -1.54. The average molecular weight is 886 g/mol. The van der Waals surface area contributed by atoms with Crippen LogP contribution in [0.4, 0.5) is 17.1 Å². The van der Waals surface area contributed by atoms with Crippen LogP contribution in [0.25, 0.3) is 44.1 Å². The number of hydrogen-bond donors (Lipinski definition) is 0. The third kappa shape index (κ3) is 9.11. The fourth-order valence-electron chi connectivity index (χ4n) is 10.4. The van der Waals surface area contributed by atoms with Crippen LogP contribution in [0.1, 0.15) is 118 Å². The maximum atomic E-state index is 6.38. The van der Waals surface area contributed by atoms with Crippen molar-refractivity contribution in [3.63, 3.8) is 0 Å². The molecule has 0 radical (unpaired) electrons. The van der Waals surface area contributed by atoms with Crippen molar-refractivity contribution < 1.29 is 18.0 Å². The molecule has 0 N–H and O–H groups in total. The molecule has 7 heteroatoms.